The lowest BCUT2D eigenvalue weighted by atomic mass is 9.48. The lowest BCUT2D eigenvalue weighted by Crippen LogP contribution is -2.57. The van der Waals surface area contributed by atoms with Crippen molar-refractivity contribution in [2.75, 3.05) is 5.32 Å². The number of carbonyl (C=O) groups is 2. The Kier molecular flexibility index (Phi) is 4.68. The molecule has 2 N–H and O–H groups in total. The first-order valence-corrected chi connectivity index (χ1v) is 10.2. The summed E-state index contributed by atoms with van der Waals surface area (Å²) >= 11 is 11.8. The standard InChI is InChI=1S/C20H24Cl2N2O2/c1-11(20-8-12-4-13(9-20)6-14(5-12)10-20)23-18(25)19(26)24-15-2-3-16(21)17(22)7-15/h2-3,7,11-14H,4-6,8-10H2,1H3,(H,23,25)(H,24,26). The maximum Gasteiger partial charge on any atom is 0.313 e. The van der Waals surface area contributed by atoms with Gasteiger partial charge in [-0.3, -0.25) is 9.59 Å². The molecule has 2 amide bonds. The van der Waals surface area contributed by atoms with Crippen LogP contribution in [-0.4, -0.2) is 17.9 Å². The molecule has 140 valence electrons. The van der Waals surface area contributed by atoms with Crippen LogP contribution in [0.15, 0.2) is 18.2 Å². The van der Waals surface area contributed by atoms with E-state index in [9.17, 15) is 9.59 Å². The van der Waals surface area contributed by atoms with Crippen LogP contribution in [0, 0.1) is 23.2 Å². The van der Waals surface area contributed by atoms with Crippen molar-refractivity contribution in [1.82, 2.24) is 5.32 Å². The molecule has 1 aromatic rings. The molecule has 4 aliphatic carbocycles. The summed E-state index contributed by atoms with van der Waals surface area (Å²) in [5, 5.41) is 6.31. The van der Waals surface area contributed by atoms with Gasteiger partial charge in [-0.25, -0.2) is 0 Å². The topological polar surface area (TPSA) is 58.2 Å². The Labute approximate surface area is 164 Å². The molecular formula is C20H24Cl2N2O2. The highest BCUT2D eigenvalue weighted by Crippen LogP contribution is 2.61. The SMILES string of the molecule is CC(NC(=O)C(=O)Nc1ccc(Cl)c(Cl)c1)C12CC3CC(CC(C3)C1)C2. The van der Waals surface area contributed by atoms with E-state index in [0.717, 1.165) is 17.8 Å². The van der Waals surface area contributed by atoms with Gasteiger partial charge in [-0.05, 0) is 86.8 Å². The number of hydrogen-bond acceptors (Lipinski definition) is 2. The fraction of sp³-hybridized carbons (Fsp3) is 0.600. The van der Waals surface area contributed by atoms with Crippen LogP contribution >= 0.6 is 23.2 Å². The number of nitrogens with one attached hydrogen (secondary N) is 2. The lowest BCUT2D eigenvalue weighted by Gasteiger charge is -2.59. The number of amides is 2. The van der Waals surface area contributed by atoms with E-state index in [0.29, 0.717) is 15.7 Å². The second kappa shape index (κ2) is 6.72. The molecular weight excluding hydrogens is 371 g/mol. The largest absolute Gasteiger partial charge is 0.345 e. The van der Waals surface area contributed by atoms with Crippen molar-refractivity contribution < 1.29 is 9.59 Å². The molecule has 4 aliphatic rings. The van der Waals surface area contributed by atoms with Crippen LogP contribution < -0.4 is 10.6 Å². The van der Waals surface area contributed by atoms with Gasteiger partial charge in [0.15, 0.2) is 0 Å². The third kappa shape index (κ3) is 3.34. The van der Waals surface area contributed by atoms with Crippen LogP contribution in [0.2, 0.25) is 10.0 Å². The minimum absolute atomic E-state index is 0.0166. The van der Waals surface area contributed by atoms with Gasteiger partial charge in [-0.2, -0.15) is 0 Å². The van der Waals surface area contributed by atoms with Crippen LogP contribution in [-0.2, 0) is 9.59 Å². The number of rotatable bonds is 3. The predicted octanol–water partition coefficient (Wildman–Crippen LogP) is 4.65. The molecule has 4 nitrogen and oxygen atoms in total. The fourth-order valence-electron chi connectivity index (χ4n) is 5.88. The van der Waals surface area contributed by atoms with Crippen molar-refractivity contribution >= 4 is 40.7 Å². The van der Waals surface area contributed by atoms with Crippen LogP contribution in [0.5, 0.6) is 0 Å². The molecule has 4 fully saturated rings. The molecule has 1 atom stereocenters. The Bertz CT molecular complexity index is 714. The maximum absolute atomic E-state index is 12.4. The first-order chi connectivity index (χ1) is 12.3. The molecule has 0 spiro atoms. The molecule has 1 aromatic carbocycles. The Balaban J connectivity index is 1.39. The van der Waals surface area contributed by atoms with E-state index < -0.39 is 11.8 Å². The predicted molar refractivity (Wildman–Crippen MR) is 103 cm³/mol. The van der Waals surface area contributed by atoms with E-state index in [4.69, 9.17) is 23.2 Å². The molecule has 4 saturated carbocycles. The van der Waals surface area contributed by atoms with Crippen molar-refractivity contribution in [3.8, 4) is 0 Å². The summed E-state index contributed by atoms with van der Waals surface area (Å²) in [5.74, 6) is 1.18. The summed E-state index contributed by atoms with van der Waals surface area (Å²) in [6.45, 7) is 2.07. The number of halogens is 2. The molecule has 0 radical (unpaired) electrons. The van der Waals surface area contributed by atoms with Gasteiger partial charge in [0.25, 0.3) is 0 Å². The quantitative estimate of drug-likeness (QED) is 0.732. The number of carbonyl (C=O) groups excluding carboxylic acids is 2. The van der Waals surface area contributed by atoms with Gasteiger partial charge in [-0.15, -0.1) is 0 Å². The molecule has 4 bridgehead atoms. The van der Waals surface area contributed by atoms with Gasteiger partial charge >= 0.3 is 11.8 Å². The maximum atomic E-state index is 12.4. The Morgan fingerprint density at radius 1 is 1.00 bits per heavy atom. The molecule has 0 heterocycles. The first-order valence-electron chi connectivity index (χ1n) is 9.41. The summed E-state index contributed by atoms with van der Waals surface area (Å²) in [6, 6.07) is 4.78. The average Bonchev–Trinajstić information content (AvgIpc) is 2.57. The number of benzene rings is 1. The molecule has 0 aliphatic heterocycles. The number of hydrogen-bond donors (Lipinski definition) is 2. The Morgan fingerprint density at radius 2 is 1.58 bits per heavy atom. The average molecular weight is 395 g/mol. The van der Waals surface area contributed by atoms with Crippen molar-refractivity contribution in [3.63, 3.8) is 0 Å². The van der Waals surface area contributed by atoms with Crippen LogP contribution in [0.4, 0.5) is 5.69 Å². The zero-order chi connectivity index (χ0) is 18.5. The zero-order valence-electron chi connectivity index (χ0n) is 14.9. The summed E-state index contributed by atoms with van der Waals surface area (Å²) in [5.41, 5.74) is 0.635. The van der Waals surface area contributed by atoms with Crippen LogP contribution in [0.25, 0.3) is 0 Å². The zero-order valence-corrected chi connectivity index (χ0v) is 16.4. The number of anilines is 1. The lowest BCUT2D eigenvalue weighted by molar-refractivity contribution is -0.138. The fourth-order valence-corrected chi connectivity index (χ4v) is 6.18. The Hall–Kier alpha value is -1.26. The smallest absolute Gasteiger partial charge is 0.313 e. The minimum Gasteiger partial charge on any atom is -0.345 e. The van der Waals surface area contributed by atoms with E-state index >= 15 is 0 Å². The third-order valence-electron chi connectivity index (χ3n) is 6.74. The second-order valence-electron chi connectivity index (χ2n) is 8.56. The normalized spacial score (nSPS) is 33.0. The third-order valence-corrected chi connectivity index (χ3v) is 7.47. The van der Waals surface area contributed by atoms with E-state index in [1.165, 1.54) is 44.6 Å². The van der Waals surface area contributed by atoms with E-state index in [1.807, 2.05) is 0 Å². The van der Waals surface area contributed by atoms with E-state index in [2.05, 4.69) is 17.6 Å². The van der Waals surface area contributed by atoms with Gasteiger partial charge in [0.1, 0.15) is 0 Å². The van der Waals surface area contributed by atoms with Gasteiger partial charge < -0.3 is 10.6 Å². The van der Waals surface area contributed by atoms with Crippen molar-refractivity contribution in [3.05, 3.63) is 28.2 Å². The van der Waals surface area contributed by atoms with Gasteiger partial charge in [0.05, 0.1) is 10.0 Å². The summed E-state index contributed by atoms with van der Waals surface area (Å²) in [7, 11) is 0. The summed E-state index contributed by atoms with van der Waals surface area (Å²) in [6.07, 6.45) is 7.64. The van der Waals surface area contributed by atoms with Gasteiger partial charge in [-0.1, -0.05) is 23.2 Å². The molecule has 5 rings (SSSR count). The van der Waals surface area contributed by atoms with E-state index in [1.54, 1.807) is 12.1 Å². The van der Waals surface area contributed by atoms with Gasteiger partial charge in [0.2, 0.25) is 0 Å². The van der Waals surface area contributed by atoms with Crippen LogP contribution in [0.3, 0.4) is 0 Å². The first kappa shape index (κ1) is 18.1. The van der Waals surface area contributed by atoms with E-state index in [-0.39, 0.29) is 11.5 Å². The monoisotopic (exact) mass is 394 g/mol. The summed E-state index contributed by atoms with van der Waals surface area (Å²) in [4.78, 5) is 24.7. The highest BCUT2D eigenvalue weighted by Gasteiger charge is 2.53. The molecule has 1 unspecified atom stereocenters. The minimum atomic E-state index is -0.667. The van der Waals surface area contributed by atoms with Crippen molar-refractivity contribution in [1.29, 1.82) is 0 Å². The Morgan fingerprint density at radius 3 is 2.12 bits per heavy atom. The van der Waals surface area contributed by atoms with Crippen LogP contribution in [0.1, 0.15) is 45.4 Å². The molecule has 0 saturated heterocycles. The van der Waals surface area contributed by atoms with Crippen molar-refractivity contribution in [2.45, 2.75) is 51.5 Å². The highest BCUT2D eigenvalue weighted by atomic mass is 35.5. The molecule has 6 heteroatoms. The van der Waals surface area contributed by atoms with Gasteiger partial charge in [0, 0.05) is 11.7 Å². The molecule has 26 heavy (non-hydrogen) atoms. The summed E-state index contributed by atoms with van der Waals surface area (Å²) < 4.78 is 0. The molecule has 0 aromatic heterocycles. The highest BCUT2D eigenvalue weighted by molar-refractivity contribution is 6.43. The second-order valence-corrected chi connectivity index (χ2v) is 9.37. The van der Waals surface area contributed by atoms with Crippen molar-refractivity contribution in [2.24, 2.45) is 23.2 Å².